The lowest BCUT2D eigenvalue weighted by atomic mass is 10.0. The number of nitrogens with two attached hydrogens (primary N) is 1. The van der Waals surface area contributed by atoms with Crippen LogP contribution in [0.2, 0.25) is 10.0 Å². The zero-order valence-corrected chi connectivity index (χ0v) is 14.0. The standard InChI is InChI=1S/C16H18Cl2N4O/c17-12-5-4-11(8-13(12)18)22-7-6-15(21-22)16(23)20-14-3-1-2-10(14)9-19/h4-8,10,14H,1-3,9,19H2,(H,20,23). The van der Waals surface area contributed by atoms with Gasteiger partial charge in [0.2, 0.25) is 0 Å². The van der Waals surface area contributed by atoms with Gasteiger partial charge in [-0.1, -0.05) is 29.6 Å². The summed E-state index contributed by atoms with van der Waals surface area (Å²) in [6.07, 6.45) is 4.87. The lowest BCUT2D eigenvalue weighted by molar-refractivity contribution is 0.0923. The first-order valence-corrected chi connectivity index (χ1v) is 8.36. The lowest BCUT2D eigenvalue weighted by Crippen LogP contribution is -2.40. The van der Waals surface area contributed by atoms with E-state index >= 15 is 0 Å². The van der Waals surface area contributed by atoms with Gasteiger partial charge < -0.3 is 11.1 Å². The number of halogens is 2. The van der Waals surface area contributed by atoms with Crippen molar-refractivity contribution < 1.29 is 4.79 Å². The molecule has 0 aliphatic heterocycles. The molecule has 5 nitrogen and oxygen atoms in total. The lowest BCUT2D eigenvalue weighted by Gasteiger charge is -2.18. The number of aromatic nitrogens is 2. The van der Waals surface area contributed by atoms with Gasteiger partial charge in [0.25, 0.3) is 5.91 Å². The zero-order chi connectivity index (χ0) is 16.4. The van der Waals surface area contributed by atoms with E-state index in [2.05, 4.69) is 10.4 Å². The largest absolute Gasteiger partial charge is 0.348 e. The normalized spacial score (nSPS) is 20.7. The van der Waals surface area contributed by atoms with Crippen molar-refractivity contribution in [1.29, 1.82) is 0 Å². The van der Waals surface area contributed by atoms with Crippen LogP contribution in [0.1, 0.15) is 29.8 Å². The van der Waals surface area contributed by atoms with Gasteiger partial charge in [0.1, 0.15) is 0 Å². The molecule has 1 heterocycles. The summed E-state index contributed by atoms with van der Waals surface area (Å²) in [5.41, 5.74) is 6.87. The van der Waals surface area contributed by atoms with Gasteiger partial charge in [0.05, 0.1) is 15.7 Å². The molecule has 122 valence electrons. The highest BCUT2D eigenvalue weighted by Gasteiger charge is 2.28. The van der Waals surface area contributed by atoms with Crippen molar-refractivity contribution in [2.75, 3.05) is 6.54 Å². The molecule has 1 saturated carbocycles. The molecule has 3 rings (SSSR count). The number of hydrogen-bond acceptors (Lipinski definition) is 3. The molecule has 2 unspecified atom stereocenters. The van der Waals surface area contributed by atoms with Crippen molar-refractivity contribution in [2.24, 2.45) is 11.7 Å². The van der Waals surface area contributed by atoms with Crippen LogP contribution in [0.4, 0.5) is 0 Å². The summed E-state index contributed by atoms with van der Waals surface area (Å²) in [5.74, 6) is 0.185. The molecule has 1 amide bonds. The molecule has 23 heavy (non-hydrogen) atoms. The van der Waals surface area contributed by atoms with Crippen LogP contribution in [0.15, 0.2) is 30.5 Å². The number of hydrogen-bond donors (Lipinski definition) is 2. The van der Waals surface area contributed by atoms with E-state index in [-0.39, 0.29) is 11.9 Å². The fourth-order valence-electron chi connectivity index (χ4n) is 2.97. The van der Waals surface area contributed by atoms with E-state index in [9.17, 15) is 4.79 Å². The van der Waals surface area contributed by atoms with Gasteiger partial charge in [-0.3, -0.25) is 4.79 Å². The fourth-order valence-corrected chi connectivity index (χ4v) is 3.26. The van der Waals surface area contributed by atoms with Gasteiger partial charge >= 0.3 is 0 Å². The quantitative estimate of drug-likeness (QED) is 0.887. The van der Waals surface area contributed by atoms with E-state index in [1.807, 2.05) is 0 Å². The highest BCUT2D eigenvalue weighted by Crippen LogP contribution is 2.25. The summed E-state index contributed by atoms with van der Waals surface area (Å²) >= 11 is 11.9. The van der Waals surface area contributed by atoms with E-state index < -0.39 is 0 Å². The minimum absolute atomic E-state index is 0.141. The minimum atomic E-state index is -0.172. The Morgan fingerprint density at radius 1 is 1.30 bits per heavy atom. The van der Waals surface area contributed by atoms with Gasteiger partial charge in [-0.2, -0.15) is 5.10 Å². The Hall–Kier alpha value is -1.56. The average Bonchev–Trinajstić information content (AvgIpc) is 3.18. The molecule has 1 aromatic heterocycles. The number of carbonyl (C=O) groups excluding carboxylic acids is 1. The van der Waals surface area contributed by atoms with Crippen molar-refractivity contribution in [3.63, 3.8) is 0 Å². The first-order valence-electron chi connectivity index (χ1n) is 7.60. The maximum absolute atomic E-state index is 12.4. The van der Waals surface area contributed by atoms with E-state index in [1.165, 1.54) is 0 Å². The van der Waals surface area contributed by atoms with Gasteiger partial charge in [-0.15, -0.1) is 0 Å². The van der Waals surface area contributed by atoms with Crippen LogP contribution in [0.25, 0.3) is 5.69 Å². The van der Waals surface area contributed by atoms with Crippen LogP contribution in [0.5, 0.6) is 0 Å². The van der Waals surface area contributed by atoms with E-state index in [1.54, 1.807) is 35.1 Å². The summed E-state index contributed by atoms with van der Waals surface area (Å²) in [6, 6.07) is 7.03. The van der Waals surface area contributed by atoms with Gasteiger partial charge in [-0.05, 0) is 49.6 Å². The van der Waals surface area contributed by atoms with Crippen molar-refractivity contribution >= 4 is 29.1 Å². The van der Waals surface area contributed by atoms with Gasteiger partial charge in [0, 0.05) is 12.2 Å². The molecule has 1 fully saturated rings. The topological polar surface area (TPSA) is 72.9 Å². The number of nitrogens with zero attached hydrogens (tertiary/aromatic N) is 2. The second-order valence-corrected chi connectivity index (χ2v) is 6.57. The SMILES string of the molecule is NCC1CCCC1NC(=O)c1ccn(-c2ccc(Cl)c(Cl)c2)n1. The Labute approximate surface area is 144 Å². The van der Waals surface area contributed by atoms with Crippen LogP contribution in [0.3, 0.4) is 0 Å². The van der Waals surface area contributed by atoms with Crippen molar-refractivity contribution in [3.05, 3.63) is 46.2 Å². The molecule has 0 bridgehead atoms. The third kappa shape index (κ3) is 3.52. The Morgan fingerprint density at radius 2 is 2.13 bits per heavy atom. The monoisotopic (exact) mass is 352 g/mol. The molecule has 0 radical (unpaired) electrons. The predicted octanol–water partition coefficient (Wildman–Crippen LogP) is 3.04. The number of nitrogens with one attached hydrogen (secondary N) is 1. The highest BCUT2D eigenvalue weighted by atomic mass is 35.5. The van der Waals surface area contributed by atoms with Crippen LogP contribution >= 0.6 is 23.2 Å². The highest BCUT2D eigenvalue weighted by molar-refractivity contribution is 6.42. The number of carbonyl (C=O) groups is 1. The molecule has 2 atom stereocenters. The Bertz CT molecular complexity index is 716. The summed E-state index contributed by atoms with van der Waals surface area (Å²) in [7, 11) is 0. The number of benzene rings is 1. The number of rotatable bonds is 4. The van der Waals surface area contributed by atoms with Crippen LogP contribution in [-0.2, 0) is 0 Å². The van der Waals surface area contributed by atoms with Crippen LogP contribution in [-0.4, -0.2) is 28.3 Å². The summed E-state index contributed by atoms with van der Waals surface area (Å²) in [5, 5.41) is 8.28. The smallest absolute Gasteiger partial charge is 0.272 e. The van der Waals surface area contributed by atoms with E-state index in [4.69, 9.17) is 28.9 Å². The fraction of sp³-hybridized carbons (Fsp3) is 0.375. The molecule has 3 N–H and O–H groups in total. The van der Waals surface area contributed by atoms with Crippen molar-refractivity contribution in [2.45, 2.75) is 25.3 Å². The molecular weight excluding hydrogens is 335 g/mol. The second-order valence-electron chi connectivity index (χ2n) is 5.75. The zero-order valence-electron chi connectivity index (χ0n) is 12.5. The Morgan fingerprint density at radius 3 is 2.87 bits per heavy atom. The van der Waals surface area contributed by atoms with E-state index in [0.29, 0.717) is 28.2 Å². The molecule has 1 aromatic carbocycles. The maximum Gasteiger partial charge on any atom is 0.272 e. The van der Waals surface area contributed by atoms with Gasteiger partial charge in [-0.25, -0.2) is 4.68 Å². The third-order valence-corrected chi connectivity index (χ3v) is 5.01. The second kappa shape index (κ2) is 6.91. The molecule has 2 aromatic rings. The van der Waals surface area contributed by atoms with Gasteiger partial charge in [0.15, 0.2) is 5.69 Å². The molecule has 7 heteroatoms. The van der Waals surface area contributed by atoms with Crippen molar-refractivity contribution in [3.8, 4) is 5.69 Å². The predicted molar refractivity (Wildman–Crippen MR) is 91.2 cm³/mol. The summed E-state index contributed by atoms with van der Waals surface area (Å²) in [4.78, 5) is 12.4. The molecule has 0 spiro atoms. The Balaban J connectivity index is 1.73. The first kappa shape index (κ1) is 16.3. The average molecular weight is 353 g/mol. The summed E-state index contributed by atoms with van der Waals surface area (Å²) in [6.45, 7) is 0.600. The maximum atomic E-state index is 12.4. The number of amides is 1. The summed E-state index contributed by atoms with van der Waals surface area (Å²) < 4.78 is 1.60. The van der Waals surface area contributed by atoms with Crippen LogP contribution in [0, 0.1) is 5.92 Å². The third-order valence-electron chi connectivity index (χ3n) is 4.27. The Kier molecular flexibility index (Phi) is 4.90. The molecule has 1 aliphatic carbocycles. The minimum Gasteiger partial charge on any atom is -0.348 e. The van der Waals surface area contributed by atoms with E-state index in [0.717, 1.165) is 24.9 Å². The van der Waals surface area contributed by atoms with Crippen LogP contribution < -0.4 is 11.1 Å². The molecule has 0 saturated heterocycles. The molecular formula is C16H18Cl2N4O. The first-order chi connectivity index (χ1) is 11.1. The molecule has 1 aliphatic rings. The van der Waals surface area contributed by atoms with Crippen molar-refractivity contribution in [1.82, 2.24) is 15.1 Å².